The minimum atomic E-state index is 0.805. The molecule has 16 heavy (non-hydrogen) atoms. The van der Waals surface area contributed by atoms with Crippen LogP contribution in [0.3, 0.4) is 0 Å². The molecule has 2 aromatic rings. The highest BCUT2D eigenvalue weighted by molar-refractivity contribution is 9.10. The zero-order chi connectivity index (χ0) is 11.1. The number of aromatic nitrogens is 1. The first-order valence-corrected chi connectivity index (χ1v) is 6.49. The van der Waals surface area contributed by atoms with Gasteiger partial charge in [-0.25, -0.2) is 0 Å². The average molecular weight is 279 g/mol. The third kappa shape index (κ3) is 1.50. The van der Waals surface area contributed by atoms with Gasteiger partial charge in [-0.15, -0.1) is 0 Å². The lowest BCUT2D eigenvalue weighted by molar-refractivity contribution is 0.341. The van der Waals surface area contributed by atoms with Crippen LogP contribution in [0.5, 0.6) is 0 Å². The Morgan fingerprint density at radius 3 is 2.75 bits per heavy atom. The van der Waals surface area contributed by atoms with Crippen LogP contribution in [0.1, 0.15) is 5.69 Å². The number of fused-ring (bicyclic) bond motifs is 1. The molecule has 0 saturated carbocycles. The quantitative estimate of drug-likeness (QED) is 0.894. The van der Waals surface area contributed by atoms with E-state index in [0.717, 1.165) is 19.0 Å². The molecule has 0 unspecified atom stereocenters. The van der Waals surface area contributed by atoms with E-state index in [4.69, 9.17) is 0 Å². The highest BCUT2D eigenvalue weighted by atomic mass is 79.9. The SMILES string of the molecule is Cn1c(CC2CNC2)c(Br)c2ccccc21. The Kier molecular flexibility index (Phi) is 2.52. The van der Waals surface area contributed by atoms with Crippen LogP contribution in [0.2, 0.25) is 0 Å². The summed E-state index contributed by atoms with van der Waals surface area (Å²) in [6.07, 6.45) is 1.17. The van der Waals surface area contributed by atoms with E-state index >= 15 is 0 Å². The van der Waals surface area contributed by atoms with Crippen LogP contribution in [-0.4, -0.2) is 17.7 Å². The van der Waals surface area contributed by atoms with Crippen molar-refractivity contribution in [3.63, 3.8) is 0 Å². The molecule has 0 spiro atoms. The molecule has 1 saturated heterocycles. The Hall–Kier alpha value is -0.800. The first-order chi connectivity index (χ1) is 7.77. The van der Waals surface area contributed by atoms with Crippen molar-refractivity contribution >= 4 is 26.8 Å². The number of rotatable bonds is 2. The van der Waals surface area contributed by atoms with Crippen LogP contribution in [0.15, 0.2) is 28.7 Å². The maximum atomic E-state index is 3.74. The summed E-state index contributed by atoms with van der Waals surface area (Å²) in [7, 11) is 2.16. The van der Waals surface area contributed by atoms with Crippen LogP contribution >= 0.6 is 15.9 Å². The minimum absolute atomic E-state index is 0.805. The van der Waals surface area contributed by atoms with E-state index < -0.39 is 0 Å². The van der Waals surface area contributed by atoms with E-state index in [1.807, 2.05) is 0 Å². The predicted molar refractivity (Wildman–Crippen MR) is 70.7 cm³/mol. The molecule has 84 valence electrons. The Labute approximate surface area is 104 Å². The first kappa shape index (κ1) is 10.4. The fourth-order valence-electron chi connectivity index (χ4n) is 2.39. The largest absolute Gasteiger partial charge is 0.347 e. The average Bonchev–Trinajstić information content (AvgIpc) is 2.48. The van der Waals surface area contributed by atoms with E-state index in [-0.39, 0.29) is 0 Å². The fraction of sp³-hybridized carbons (Fsp3) is 0.385. The molecule has 3 heteroatoms. The lowest BCUT2D eigenvalue weighted by Gasteiger charge is -2.27. The molecule has 0 bridgehead atoms. The normalized spacial score (nSPS) is 16.6. The first-order valence-electron chi connectivity index (χ1n) is 5.70. The second-order valence-corrected chi connectivity index (χ2v) is 5.36. The van der Waals surface area contributed by atoms with E-state index in [9.17, 15) is 0 Å². The van der Waals surface area contributed by atoms with Gasteiger partial charge < -0.3 is 9.88 Å². The zero-order valence-electron chi connectivity index (χ0n) is 9.33. The number of nitrogens with zero attached hydrogens (tertiary/aromatic N) is 1. The molecule has 2 nitrogen and oxygen atoms in total. The van der Waals surface area contributed by atoms with E-state index in [2.05, 4.69) is 57.1 Å². The highest BCUT2D eigenvalue weighted by Gasteiger charge is 2.21. The summed E-state index contributed by atoms with van der Waals surface area (Å²) >= 11 is 3.74. The maximum Gasteiger partial charge on any atom is 0.0491 e. The molecule has 1 aliphatic heterocycles. The van der Waals surface area contributed by atoms with Gasteiger partial charge in [0.2, 0.25) is 0 Å². The van der Waals surface area contributed by atoms with Gasteiger partial charge in [-0.1, -0.05) is 18.2 Å². The zero-order valence-corrected chi connectivity index (χ0v) is 10.9. The molecule has 2 heterocycles. The third-order valence-corrected chi connectivity index (χ3v) is 4.39. The molecule has 0 atom stereocenters. The molecule has 1 fully saturated rings. The number of halogens is 1. The maximum absolute atomic E-state index is 3.74. The number of para-hydroxylation sites is 1. The fourth-order valence-corrected chi connectivity index (χ4v) is 3.16. The topological polar surface area (TPSA) is 17.0 Å². The standard InChI is InChI=1S/C13H15BrN2/c1-16-11-5-3-2-4-10(11)13(14)12(16)6-9-7-15-8-9/h2-5,9,15H,6-8H2,1H3. The van der Waals surface area contributed by atoms with Crippen molar-refractivity contribution in [3.05, 3.63) is 34.4 Å². The van der Waals surface area contributed by atoms with Crippen molar-refractivity contribution in [3.8, 4) is 0 Å². The van der Waals surface area contributed by atoms with E-state index in [1.165, 1.54) is 27.5 Å². The van der Waals surface area contributed by atoms with Crippen molar-refractivity contribution in [2.24, 2.45) is 13.0 Å². The summed E-state index contributed by atoms with van der Waals surface area (Å²) in [5.74, 6) is 0.805. The van der Waals surface area contributed by atoms with Gasteiger partial charge in [0, 0.05) is 28.1 Å². The third-order valence-electron chi connectivity index (χ3n) is 3.51. The minimum Gasteiger partial charge on any atom is -0.347 e. The van der Waals surface area contributed by atoms with Crippen LogP contribution in [0.25, 0.3) is 10.9 Å². The molecule has 0 amide bonds. The molecule has 0 aliphatic carbocycles. The summed E-state index contributed by atoms with van der Waals surface area (Å²) < 4.78 is 3.59. The van der Waals surface area contributed by atoms with Gasteiger partial charge in [-0.05, 0) is 47.4 Å². The van der Waals surface area contributed by atoms with Gasteiger partial charge in [0.15, 0.2) is 0 Å². The molecule has 3 rings (SSSR count). The van der Waals surface area contributed by atoms with Gasteiger partial charge in [0.25, 0.3) is 0 Å². The molecule has 0 radical (unpaired) electrons. The number of hydrogen-bond acceptors (Lipinski definition) is 1. The van der Waals surface area contributed by atoms with E-state index in [1.54, 1.807) is 0 Å². The van der Waals surface area contributed by atoms with Gasteiger partial charge >= 0.3 is 0 Å². The van der Waals surface area contributed by atoms with Crippen LogP contribution in [0.4, 0.5) is 0 Å². The van der Waals surface area contributed by atoms with Crippen LogP contribution < -0.4 is 5.32 Å². The Morgan fingerprint density at radius 2 is 2.12 bits per heavy atom. The van der Waals surface area contributed by atoms with Gasteiger partial charge in [0.1, 0.15) is 0 Å². The highest BCUT2D eigenvalue weighted by Crippen LogP contribution is 2.32. The summed E-state index contributed by atoms with van der Waals surface area (Å²) in [5, 5.41) is 4.66. The predicted octanol–water partition coefficient (Wildman–Crippen LogP) is 2.70. The Bertz CT molecular complexity index is 487. The van der Waals surface area contributed by atoms with Gasteiger partial charge in [-0.2, -0.15) is 0 Å². The second kappa shape index (κ2) is 3.90. The Balaban J connectivity index is 2.08. The number of nitrogens with one attached hydrogen (secondary N) is 1. The lowest BCUT2D eigenvalue weighted by Crippen LogP contribution is -2.43. The molecular weight excluding hydrogens is 264 g/mol. The number of aryl methyl sites for hydroxylation is 1. The van der Waals surface area contributed by atoms with Crippen molar-refractivity contribution in [1.82, 2.24) is 9.88 Å². The molecule has 1 aliphatic rings. The van der Waals surface area contributed by atoms with Crippen LogP contribution in [0, 0.1) is 5.92 Å². The summed E-state index contributed by atoms with van der Waals surface area (Å²) in [6.45, 7) is 2.32. The van der Waals surface area contributed by atoms with Crippen molar-refractivity contribution in [1.29, 1.82) is 0 Å². The van der Waals surface area contributed by atoms with Gasteiger partial charge in [0.05, 0.1) is 0 Å². The summed E-state index contributed by atoms with van der Waals surface area (Å²) in [6, 6.07) is 8.57. The van der Waals surface area contributed by atoms with Crippen molar-refractivity contribution in [2.45, 2.75) is 6.42 Å². The van der Waals surface area contributed by atoms with Crippen molar-refractivity contribution in [2.75, 3.05) is 13.1 Å². The number of hydrogen-bond donors (Lipinski definition) is 1. The van der Waals surface area contributed by atoms with E-state index in [0.29, 0.717) is 0 Å². The smallest absolute Gasteiger partial charge is 0.0491 e. The second-order valence-electron chi connectivity index (χ2n) is 4.57. The molecule has 1 aromatic heterocycles. The lowest BCUT2D eigenvalue weighted by atomic mass is 9.97. The molecule has 1 aromatic carbocycles. The molecular formula is C13H15BrN2. The summed E-state index contributed by atoms with van der Waals surface area (Å²) in [4.78, 5) is 0. The van der Waals surface area contributed by atoms with Gasteiger partial charge in [-0.3, -0.25) is 0 Å². The monoisotopic (exact) mass is 278 g/mol. The van der Waals surface area contributed by atoms with Crippen molar-refractivity contribution < 1.29 is 0 Å². The summed E-state index contributed by atoms with van der Waals surface area (Å²) in [5.41, 5.74) is 2.74. The number of benzene rings is 1. The van der Waals surface area contributed by atoms with Crippen LogP contribution in [-0.2, 0) is 13.5 Å². The molecule has 1 N–H and O–H groups in total. The Morgan fingerprint density at radius 1 is 1.38 bits per heavy atom.